The normalized spacial score (nSPS) is 37.1. The van der Waals surface area contributed by atoms with Gasteiger partial charge < -0.3 is 4.74 Å². The lowest BCUT2D eigenvalue weighted by atomic mass is 9.96. The Hall–Kier alpha value is -0.610. The first-order valence-corrected chi connectivity index (χ1v) is 4.03. The molecule has 2 aliphatic rings. The van der Waals surface area contributed by atoms with Crippen LogP contribution in [0.5, 0.6) is 0 Å². The van der Waals surface area contributed by atoms with E-state index in [9.17, 15) is 4.79 Å². The first-order valence-electron chi connectivity index (χ1n) is 4.03. The van der Waals surface area contributed by atoms with Crippen LogP contribution in [0.2, 0.25) is 0 Å². The van der Waals surface area contributed by atoms with Crippen LogP contribution in [0.1, 0.15) is 19.3 Å². The fourth-order valence-electron chi connectivity index (χ4n) is 1.78. The number of hydrazine groups is 1. The minimum Gasteiger partial charge on any atom is -0.447 e. The van der Waals surface area contributed by atoms with Crippen molar-refractivity contribution < 1.29 is 9.53 Å². The second-order valence-electron chi connectivity index (χ2n) is 3.03. The van der Waals surface area contributed by atoms with Gasteiger partial charge in [-0.05, 0) is 12.8 Å². The number of hydrogen-bond acceptors (Lipinski definition) is 4. The summed E-state index contributed by atoms with van der Waals surface area (Å²) in [5, 5.41) is 2.04. The molecule has 0 radical (unpaired) electrons. The summed E-state index contributed by atoms with van der Waals surface area (Å²) in [5.41, 5.74) is 3.20. The Morgan fingerprint density at radius 3 is 3.27 bits per heavy atom. The molecule has 0 aromatic carbocycles. The van der Waals surface area contributed by atoms with E-state index in [-0.39, 0.29) is 6.23 Å². The van der Waals surface area contributed by atoms with Gasteiger partial charge in [-0.25, -0.2) is 5.01 Å². The van der Waals surface area contributed by atoms with E-state index >= 15 is 0 Å². The van der Waals surface area contributed by atoms with Gasteiger partial charge in [-0.1, -0.05) is 0 Å². The van der Waals surface area contributed by atoms with Crippen LogP contribution in [-0.4, -0.2) is 30.3 Å². The Bertz CT molecular complexity index is 163. The van der Waals surface area contributed by atoms with Gasteiger partial charge in [-0.15, -0.1) is 0 Å². The molecule has 2 fully saturated rings. The summed E-state index contributed by atoms with van der Waals surface area (Å²) in [5.74, 6) is 0. The fourth-order valence-corrected chi connectivity index (χ4v) is 1.78. The van der Waals surface area contributed by atoms with Crippen molar-refractivity contribution in [1.29, 1.82) is 0 Å². The lowest BCUT2D eigenvalue weighted by Gasteiger charge is -2.49. The van der Waals surface area contributed by atoms with Gasteiger partial charge in [0.1, 0.15) is 0 Å². The predicted octanol–water partition coefficient (Wildman–Crippen LogP) is -0.142. The first-order chi connectivity index (χ1) is 5.42. The lowest BCUT2D eigenvalue weighted by molar-refractivity contribution is -0.192. The highest BCUT2D eigenvalue weighted by Crippen LogP contribution is 2.29. The van der Waals surface area contributed by atoms with Gasteiger partial charge >= 0.3 is 0 Å². The topological polar surface area (TPSA) is 41.6 Å². The molecular formula is C7H12N2O2. The summed E-state index contributed by atoms with van der Waals surface area (Å²) in [6.45, 7) is 1.53. The second-order valence-corrected chi connectivity index (χ2v) is 3.03. The van der Waals surface area contributed by atoms with Crippen LogP contribution in [-0.2, 0) is 9.53 Å². The zero-order valence-corrected chi connectivity index (χ0v) is 6.32. The highest BCUT2D eigenvalue weighted by atomic mass is 16.5. The molecule has 2 heterocycles. The molecule has 0 amide bonds. The summed E-state index contributed by atoms with van der Waals surface area (Å²) in [6.07, 6.45) is 3.45. The molecule has 0 aliphatic carbocycles. The Labute approximate surface area is 65.5 Å². The number of carbonyl (C=O) groups excluding carboxylic acids is 1. The number of ether oxygens (including phenoxy) is 1. The van der Waals surface area contributed by atoms with Crippen LogP contribution in [0.25, 0.3) is 0 Å². The van der Waals surface area contributed by atoms with Gasteiger partial charge in [0.2, 0.25) is 0 Å². The minimum atomic E-state index is -0.00204. The number of nitrogens with zero attached hydrogens (tertiary/aromatic N) is 1. The van der Waals surface area contributed by atoms with Crippen LogP contribution >= 0.6 is 0 Å². The predicted molar refractivity (Wildman–Crippen MR) is 38.4 cm³/mol. The van der Waals surface area contributed by atoms with Crippen LogP contribution in [0, 0.1) is 0 Å². The van der Waals surface area contributed by atoms with Crippen molar-refractivity contribution in [3.8, 4) is 0 Å². The van der Waals surface area contributed by atoms with E-state index in [1.54, 1.807) is 0 Å². The van der Waals surface area contributed by atoms with Crippen molar-refractivity contribution in [3.63, 3.8) is 0 Å². The molecule has 4 heteroatoms. The zero-order valence-electron chi connectivity index (χ0n) is 6.32. The molecule has 2 atom stereocenters. The molecule has 0 saturated carbocycles. The minimum absolute atomic E-state index is 0.00204. The molecule has 0 spiro atoms. The van der Waals surface area contributed by atoms with Crippen LogP contribution in [0.3, 0.4) is 0 Å². The van der Waals surface area contributed by atoms with Gasteiger partial charge in [0.05, 0.1) is 0 Å². The number of carbonyl (C=O) groups is 1. The molecule has 1 N–H and O–H groups in total. The van der Waals surface area contributed by atoms with Gasteiger partial charge in [-0.3, -0.25) is 10.2 Å². The summed E-state index contributed by atoms with van der Waals surface area (Å²) >= 11 is 0. The van der Waals surface area contributed by atoms with E-state index in [1.165, 1.54) is 12.8 Å². The zero-order chi connectivity index (χ0) is 7.68. The molecule has 0 aromatic rings. The third kappa shape index (κ3) is 1.12. The lowest BCUT2D eigenvalue weighted by Crippen LogP contribution is -2.65. The number of rotatable bonds is 2. The van der Waals surface area contributed by atoms with E-state index in [0.29, 0.717) is 12.5 Å². The molecule has 2 aliphatic heterocycles. The fraction of sp³-hybridized carbons (Fsp3) is 0.857. The van der Waals surface area contributed by atoms with Crippen LogP contribution in [0.15, 0.2) is 0 Å². The van der Waals surface area contributed by atoms with Crippen molar-refractivity contribution >= 4 is 6.47 Å². The molecule has 62 valence electrons. The SMILES string of the molecule is O=COC1CC2CCCNN21. The van der Waals surface area contributed by atoms with E-state index < -0.39 is 0 Å². The standard InChI is InChI=1S/C7H12N2O2/c10-5-11-7-4-6-2-1-3-8-9(6)7/h5-8H,1-4H2. The summed E-state index contributed by atoms with van der Waals surface area (Å²) in [7, 11) is 0. The highest BCUT2D eigenvalue weighted by Gasteiger charge is 2.41. The third-order valence-electron chi connectivity index (χ3n) is 2.40. The molecule has 2 unspecified atom stereocenters. The van der Waals surface area contributed by atoms with Gasteiger partial charge in [-0.2, -0.15) is 0 Å². The Morgan fingerprint density at radius 2 is 2.55 bits per heavy atom. The number of nitrogens with one attached hydrogen (secondary N) is 1. The van der Waals surface area contributed by atoms with Crippen LogP contribution < -0.4 is 5.43 Å². The van der Waals surface area contributed by atoms with Gasteiger partial charge in [0.25, 0.3) is 6.47 Å². The highest BCUT2D eigenvalue weighted by molar-refractivity contribution is 5.37. The summed E-state index contributed by atoms with van der Waals surface area (Å²) in [6, 6.07) is 0.605. The number of hydrogen-bond donors (Lipinski definition) is 1. The molecule has 2 saturated heterocycles. The monoisotopic (exact) mass is 156 g/mol. The Kier molecular flexibility index (Phi) is 1.79. The van der Waals surface area contributed by atoms with Crippen molar-refractivity contribution in [2.24, 2.45) is 0 Å². The molecule has 2 rings (SSSR count). The Morgan fingerprint density at radius 1 is 1.64 bits per heavy atom. The van der Waals surface area contributed by atoms with Gasteiger partial charge in [0, 0.05) is 19.0 Å². The maximum absolute atomic E-state index is 10.0. The molecule has 0 bridgehead atoms. The molecule has 0 aromatic heterocycles. The van der Waals surface area contributed by atoms with E-state index in [2.05, 4.69) is 5.43 Å². The maximum Gasteiger partial charge on any atom is 0.294 e. The maximum atomic E-state index is 10.0. The largest absolute Gasteiger partial charge is 0.447 e. The molecule has 4 nitrogen and oxygen atoms in total. The van der Waals surface area contributed by atoms with Gasteiger partial charge in [0.15, 0.2) is 6.23 Å². The summed E-state index contributed by atoms with van der Waals surface area (Å²) < 4.78 is 4.83. The van der Waals surface area contributed by atoms with Crippen LogP contribution in [0.4, 0.5) is 0 Å². The smallest absolute Gasteiger partial charge is 0.294 e. The molecule has 11 heavy (non-hydrogen) atoms. The van der Waals surface area contributed by atoms with Crippen molar-refractivity contribution in [2.45, 2.75) is 31.5 Å². The van der Waals surface area contributed by atoms with Crippen molar-refractivity contribution in [1.82, 2.24) is 10.4 Å². The average molecular weight is 156 g/mol. The van der Waals surface area contributed by atoms with Crippen molar-refractivity contribution in [3.05, 3.63) is 0 Å². The Balaban J connectivity index is 1.86. The first kappa shape index (κ1) is 7.06. The quantitative estimate of drug-likeness (QED) is 0.565. The second kappa shape index (κ2) is 2.79. The summed E-state index contributed by atoms with van der Waals surface area (Å²) in [4.78, 5) is 10.0. The van der Waals surface area contributed by atoms with E-state index in [0.717, 1.165) is 13.0 Å². The average Bonchev–Trinajstić information content (AvgIpc) is 2.01. The van der Waals surface area contributed by atoms with E-state index in [1.807, 2.05) is 5.01 Å². The van der Waals surface area contributed by atoms with E-state index in [4.69, 9.17) is 4.74 Å². The third-order valence-corrected chi connectivity index (χ3v) is 2.40. The number of fused-ring (bicyclic) bond motifs is 1. The van der Waals surface area contributed by atoms with Crippen molar-refractivity contribution in [2.75, 3.05) is 6.54 Å². The molecular weight excluding hydrogens is 144 g/mol.